The Kier molecular flexibility index (Phi) is 10.9. The lowest BCUT2D eigenvalue weighted by atomic mass is 9.69. The maximum atomic E-state index is 3.38. The maximum absolute atomic E-state index is 3.38. The van der Waals surface area contributed by atoms with Gasteiger partial charge in [0.1, 0.15) is 0 Å². The van der Waals surface area contributed by atoms with E-state index in [0.29, 0.717) is 0 Å². The molecule has 4 rings (SSSR count). The lowest BCUT2D eigenvalue weighted by molar-refractivity contribution is 0.152. The first-order chi connectivity index (χ1) is 17.2. The molecule has 3 fully saturated rings. The van der Waals surface area contributed by atoms with E-state index < -0.39 is 0 Å². The van der Waals surface area contributed by atoms with Gasteiger partial charge < -0.3 is 0 Å². The predicted octanol–water partition coefficient (Wildman–Crippen LogP) is 10.5. The fourth-order valence-electron chi connectivity index (χ4n) is 7.59. The molecule has 0 atom stereocenters. The molecule has 1 aromatic carbocycles. The van der Waals surface area contributed by atoms with Crippen LogP contribution in [0.4, 0.5) is 0 Å². The minimum atomic E-state index is 0.756. The largest absolute Gasteiger partial charge is 0.0730 e. The molecular formula is C35H52. The van der Waals surface area contributed by atoms with Gasteiger partial charge in [-0.15, -0.1) is 0 Å². The van der Waals surface area contributed by atoms with Crippen molar-refractivity contribution in [1.82, 2.24) is 0 Å². The highest BCUT2D eigenvalue weighted by atomic mass is 14.4. The number of benzene rings is 1. The third-order valence-corrected chi connectivity index (χ3v) is 9.93. The summed E-state index contributed by atoms with van der Waals surface area (Å²) in [5.74, 6) is 12.3. The van der Waals surface area contributed by atoms with Crippen LogP contribution in [0.5, 0.6) is 0 Å². The van der Waals surface area contributed by atoms with E-state index in [9.17, 15) is 0 Å². The summed E-state index contributed by atoms with van der Waals surface area (Å²) >= 11 is 0. The highest BCUT2D eigenvalue weighted by Crippen LogP contribution is 2.42. The Morgan fingerprint density at radius 3 is 1.91 bits per heavy atom. The van der Waals surface area contributed by atoms with Crippen LogP contribution in [0.2, 0.25) is 0 Å². The molecule has 0 bridgehead atoms. The second kappa shape index (κ2) is 14.3. The molecular weight excluding hydrogens is 420 g/mol. The van der Waals surface area contributed by atoms with Crippen molar-refractivity contribution in [1.29, 1.82) is 0 Å². The van der Waals surface area contributed by atoms with E-state index in [1.807, 2.05) is 0 Å². The van der Waals surface area contributed by atoms with E-state index in [0.717, 1.165) is 41.1 Å². The Morgan fingerprint density at radius 2 is 1.29 bits per heavy atom. The van der Waals surface area contributed by atoms with Gasteiger partial charge in [0.25, 0.3) is 0 Å². The average Bonchev–Trinajstić information content (AvgIpc) is 2.92. The van der Waals surface area contributed by atoms with Crippen molar-refractivity contribution in [3.63, 3.8) is 0 Å². The molecule has 3 aliphatic carbocycles. The summed E-state index contributed by atoms with van der Waals surface area (Å²) in [6.45, 7) is 4.66. The summed E-state index contributed by atoms with van der Waals surface area (Å²) in [4.78, 5) is 0. The Bertz CT molecular complexity index is 794. The molecule has 1 aromatic rings. The van der Waals surface area contributed by atoms with E-state index >= 15 is 0 Å². The van der Waals surface area contributed by atoms with Gasteiger partial charge in [-0.25, -0.2) is 0 Å². The molecule has 3 saturated carbocycles. The lowest BCUT2D eigenvalue weighted by Gasteiger charge is -2.37. The van der Waals surface area contributed by atoms with Crippen molar-refractivity contribution >= 4 is 0 Å². The summed E-state index contributed by atoms with van der Waals surface area (Å²) in [6, 6.07) is 9.20. The smallest absolute Gasteiger partial charge is 0.0249 e. The molecule has 0 unspecified atom stereocenters. The first kappa shape index (κ1) is 26.6. The van der Waals surface area contributed by atoms with Crippen LogP contribution in [0, 0.1) is 41.4 Å². The van der Waals surface area contributed by atoms with Crippen molar-refractivity contribution < 1.29 is 0 Å². The normalized spacial score (nSPS) is 31.7. The molecule has 3 aliphatic rings. The summed E-state index contributed by atoms with van der Waals surface area (Å²) in [5, 5.41) is 0. The van der Waals surface area contributed by atoms with Crippen molar-refractivity contribution in [3.05, 3.63) is 47.5 Å². The molecule has 0 aliphatic heterocycles. The number of allylic oxidation sites excluding steroid dienone is 2. The Labute approximate surface area is 217 Å². The molecule has 0 N–H and O–H groups in total. The second-order valence-electron chi connectivity index (χ2n) is 12.4. The lowest BCUT2D eigenvalue weighted by Crippen LogP contribution is -2.25. The first-order valence-electron chi connectivity index (χ1n) is 15.5. The van der Waals surface area contributed by atoms with E-state index in [2.05, 4.69) is 62.1 Å². The van der Waals surface area contributed by atoms with Crippen molar-refractivity contribution in [2.45, 2.75) is 129 Å². The number of hydrogen-bond donors (Lipinski definition) is 0. The SMILES string of the molecule is CCCC[C@H]1CC[C@H](c2ccc(C#CC=C[C@H]3CC[C@H]([C@H]4CC[C@H](CCC)CC4)CC3)cc2)CC1. The third-order valence-electron chi connectivity index (χ3n) is 9.93. The molecule has 0 heterocycles. The monoisotopic (exact) mass is 472 g/mol. The van der Waals surface area contributed by atoms with Crippen LogP contribution >= 0.6 is 0 Å². The molecule has 0 heteroatoms. The van der Waals surface area contributed by atoms with Crippen molar-refractivity contribution in [2.75, 3.05) is 0 Å². The van der Waals surface area contributed by atoms with Gasteiger partial charge in [0.15, 0.2) is 0 Å². The minimum absolute atomic E-state index is 0.756. The quantitative estimate of drug-likeness (QED) is 0.330. The Hall–Kier alpha value is -1.48. The van der Waals surface area contributed by atoms with E-state index in [4.69, 9.17) is 0 Å². The van der Waals surface area contributed by atoms with Gasteiger partial charge in [-0.1, -0.05) is 88.8 Å². The van der Waals surface area contributed by atoms with Crippen LogP contribution in [-0.4, -0.2) is 0 Å². The van der Waals surface area contributed by atoms with Gasteiger partial charge >= 0.3 is 0 Å². The van der Waals surface area contributed by atoms with Gasteiger partial charge in [0.2, 0.25) is 0 Å². The molecule has 0 saturated heterocycles. The van der Waals surface area contributed by atoms with E-state index in [-0.39, 0.29) is 0 Å². The highest BCUT2D eigenvalue weighted by Gasteiger charge is 2.30. The van der Waals surface area contributed by atoms with Gasteiger partial charge in [-0.2, -0.15) is 0 Å². The van der Waals surface area contributed by atoms with E-state index in [1.165, 1.54) is 115 Å². The molecule has 0 amide bonds. The summed E-state index contributed by atoms with van der Waals surface area (Å²) in [7, 11) is 0. The van der Waals surface area contributed by atoms with E-state index in [1.54, 1.807) is 0 Å². The van der Waals surface area contributed by atoms with Crippen LogP contribution in [0.1, 0.15) is 140 Å². The summed E-state index contributed by atoms with van der Waals surface area (Å²) in [5.41, 5.74) is 2.70. The Balaban J connectivity index is 1.16. The van der Waals surface area contributed by atoms with Gasteiger partial charge in [-0.3, -0.25) is 0 Å². The van der Waals surface area contributed by atoms with Gasteiger partial charge in [0, 0.05) is 5.56 Å². The third kappa shape index (κ3) is 8.27. The number of unbranched alkanes of at least 4 members (excludes halogenated alkanes) is 1. The van der Waals surface area contributed by atoms with Crippen LogP contribution in [0.15, 0.2) is 36.4 Å². The zero-order valence-electron chi connectivity index (χ0n) is 22.9. The molecule has 0 radical (unpaired) electrons. The molecule has 0 spiro atoms. The van der Waals surface area contributed by atoms with Crippen LogP contribution < -0.4 is 0 Å². The molecule has 35 heavy (non-hydrogen) atoms. The number of hydrogen-bond acceptors (Lipinski definition) is 0. The second-order valence-corrected chi connectivity index (χ2v) is 12.4. The summed E-state index contributed by atoms with van der Waals surface area (Å²) in [6.07, 6.45) is 28.9. The fourth-order valence-corrected chi connectivity index (χ4v) is 7.59. The first-order valence-corrected chi connectivity index (χ1v) is 15.5. The maximum Gasteiger partial charge on any atom is 0.0249 e. The zero-order valence-corrected chi connectivity index (χ0v) is 22.9. The topological polar surface area (TPSA) is 0 Å². The fraction of sp³-hybridized carbons (Fsp3) is 0.714. The zero-order chi connectivity index (χ0) is 24.3. The minimum Gasteiger partial charge on any atom is -0.0730 e. The van der Waals surface area contributed by atoms with Gasteiger partial charge in [-0.05, 0) is 123 Å². The molecule has 192 valence electrons. The molecule has 0 nitrogen and oxygen atoms in total. The number of rotatable bonds is 8. The Morgan fingerprint density at radius 1 is 0.686 bits per heavy atom. The van der Waals surface area contributed by atoms with Gasteiger partial charge in [0.05, 0.1) is 0 Å². The highest BCUT2D eigenvalue weighted by molar-refractivity contribution is 5.39. The standard InChI is InChI=1S/C35H52/c1-3-5-9-29-14-22-33(23-15-29)35-26-18-31(19-27-35)11-7-6-10-30-16-24-34(25-17-30)32-20-12-28(8-4-2)13-21-32/h6,10,18-19,26-30,32-34H,3-5,8-9,12-17,20-25H2,1-2H3/t28-,29-,30-,32-,33-,34-. The predicted molar refractivity (Wildman–Crippen MR) is 152 cm³/mol. The van der Waals surface area contributed by atoms with Crippen molar-refractivity contribution in [2.24, 2.45) is 29.6 Å². The molecule has 0 aromatic heterocycles. The summed E-state index contributed by atoms with van der Waals surface area (Å²) < 4.78 is 0. The van der Waals surface area contributed by atoms with Crippen LogP contribution in [0.25, 0.3) is 0 Å². The van der Waals surface area contributed by atoms with Crippen LogP contribution in [-0.2, 0) is 0 Å². The average molecular weight is 473 g/mol. The van der Waals surface area contributed by atoms with Crippen LogP contribution in [0.3, 0.4) is 0 Å². The van der Waals surface area contributed by atoms with Crippen molar-refractivity contribution in [3.8, 4) is 11.8 Å².